The van der Waals surface area contributed by atoms with E-state index in [1.54, 1.807) is 12.1 Å². The third-order valence-electron chi connectivity index (χ3n) is 4.04. The normalized spacial score (nSPS) is 13.6. The fourth-order valence-corrected chi connectivity index (χ4v) is 10.9. The summed E-state index contributed by atoms with van der Waals surface area (Å²) < 4.78 is 0. The summed E-state index contributed by atoms with van der Waals surface area (Å²) in [6, 6.07) is 5.42. The monoisotopic (exact) mass is 363 g/mol. The van der Waals surface area contributed by atoms with Crippen LogP contribution in [-0.4, -0.2) is 21.8 Å². The van der Waals surface area contributed by atoms with Crippen LogP contribution in [0.2, 0.25) is 10.0 Å². The molecule has 118 valence electrons. The van der Waals surface area contributed by atoms with Crippen LogP contribution in [0, 0.1) is 0 Å². The lowest BCUT2D eigenvalue weighted by Gasteiger charge is -2.42. The minimum atomic E-state index is -1.56. The fourth-order valence-electron chi connectivity index (χ4n) is 3.23. The Labute approximate surface area is 145 Å². The molecule has 1 aromatic rings. The van der Waals surface area contributed by atoms with Gasteiger partial charge in [-0.3, -0.25) is 0 Å². The van der Waals surface area contributed by atoms with Crippen molar-refractivity contribution in [1.82, 2.24) is 0 Å². The smallest absolute Gasteiger partial charge is 0.102 e. The molecule has 0 bridgehead atoms. The van der Waals surface area contributed by atoms with E-state index < -0.39 is 7.26 Å². The quantitative estimate of drug-likeness (QED) is 0.243. The van der Waals surface area contributed by atoms with Gasteiger partial charge in [0.05, 0.1) is 27.0 Å². The van der Waals surface area contributed by atoms with Crippen LogP contribution in [0.5, 0.6) is 0 Å². The van der Waals surface area contributed by atoms with E-state index >= 15 is 0 Å². The number of rotatable bonds is 5. The van der Waals surface area contributed by atoms with Crippen LogP contribution in [0.25, 0.3) is 0 Å². The second-order valence-electron chi connectivity index (χ2n) is 6.08. The van der Waals surface area contributed by atoms with Gasteiger partial charge in [0.2, 0.25) is 0 Å². The molecule has 0 radical (unpaired) electrons. The zero-order chi connectivity index (χ0) is 16.4. The van der Waals surface area contributed by atoms with E-state index in [1.807, 2.05) is 6.07 Å². The largest absolute Gasteiger partial charge is 0.721 e. The van der Waals surface area contributed by atoms with E-state index in [9.17, 15) is 0 Å². The second-order valence-corrected chi connectivity index (χ2v) is 12.8. The second kappa shape index (κ2) is 7.59. The van der Waals surface area contributed by atoms with Crippen LogP contribution in [-0.2, 0) is 12.6 Å². The van der Waals surface area contributed by atoms with E-state index in [2.05, 4.69) is 41.5 Å². The van der Waals surface area contributed by atoms with Crippen LogP contribution >= 0.6 is 30.5 Å². The van der Waals surface area contributed by atoms with Gasteiger partial charge >= 0.3 is 0 Å². The van der Waals surface area contributed by atoms with Crippen LogP contribution in [0.3, 0.4) is 0 Å². The molecule has 0 atom stereocenters. The van der Waals surface area contributed by atoms with E-state index in [4.69, 9.17) is 40.8 Å². The fraction of sp³-hybridized carbons (Fsp3) is 0.562. The molecule has 0 N–H and O–H groups in total. The molecule has 0 aromatic heterocycles. The summed E-state index contributed by atoms with van der Waals surface area (Å²) in [5.74, 6) is 0. The zero-order valence-corrected chi connectivity index (χ0v) is 16.7. The molecule has 0 unspecified atom stereocenters. The molecule has 1 rings (SSSR count). The molecule has 0 aliphatic rings. The first-order valence-electron chi connectivity index (χ1n) is 7.24. The maximum Gasteiger partial charge on any atom is 0.102 e. The van der Waals surface area contributed by atoms with Crippen LogP contribution in [0.4, 0.5) is 5.69 Å². The Kier molecular flexibility index (Phi) is 6.93. The van der Waals surface area contributed by atoms with E-state index in [0.717, 1.165) is 4.78 Å². The van der Waals surface area contributed by atoms with Crippen LogP contribution in [0.15, 0.2) is 23.2 Å². The third-order valence-corrected chi connectivity index (χ3v) is 11.6. The summed E-state index contributed by atoms with van der Waals surface area (Å²) in [7, 11) is -1.56. The number of hydrogen-bond donors (Lipinski definition) is 0. The molecule has 1 aromatic carbocycles. The number of para-hydroxylation sites is 1. The van der Waals surface area contributed by atoms with E-state index in [0.29, 0.717) is 32.7 Å². The summed E-state index contributed by atoms with van der Waals surface area (Å²) in [5, 5.41) is 1.11. The van der Waals surface area contributed by atoms with Crippen molar-refractivity contribution in [3.63, 3.8) is 0 Å². The number of halogens is 2. The topological polar surface area (TPSA) is 12.4 Å². The third kappa shape index (κ3) is 3.72. The molecule has 0 heterocycles. The summed E-state index contributed by atoms with van der Waals surface area (Å²) in [6.07, 6.45) is 0. The van der Waals surface area contributed by atoms with Crippen molar-refractivity contribution in [3.8, 4) is 0 Å². The van der Waals surface area contributed by atoms with E-state index in [1.165, 1.54) is 0 Å². The molecule has 0 aliphatic heterocycles. The van der Waals surface area contributed by atoms with Gasteiger partial charge in [0.15, 0.2) is 0 Å². The highest BCUT2D eigenvalue weighted by atomic mass is 35.5. The highest BCUT2D eigenvalue weighted by Gasteiger charge is 2.47. The van der Waals surface area contributed by atoms with Crippen molar-refractivity contribution in [2.75, 3.05) is 0 Å². The molecular formula is C16H24Cl2NPS. The van der Waals surface area contributed by atoms with Gasteiger partial charge in [0, 0.05) is 12.0 Å². The average Bonchev–Trinajstić information content (AvgIpc) is 2.33. The van der Waals surface area contributed by atoms with Crippen molar-refractivity contribution in [1.29, 1.82) is 0 Å². The Morgan fingerprint density at radius 2 is 1.33 bits per heavy atom. The van der Waals surface area contributed by atoms with Gasteiger partial charge < -0.3 is 12.6 Å². The van der Waals surface area contributed by atoms with Gasteiger partial charge in [-0.05, 0) is 53.7 Å². The molecule has 1 nitrogen and oxygen atoms in total. The molecule has 0 spiro atoms. The number of nitrogens with zero attached hydrogens (tertiary/aromatic N) is 1. The zero-order valence-electron chi connectivity index (χ0n) is 13.5. The molecule has 0 amide bonds. The first kappa shape index (κ1) is 19.2. The van der Waals surface area contributed by atoms with Crippen molar-refractivity contribution in [3.05, 3.63) is 28.2 Å². The lowest BCUT2D eigenvalue weighted by atomic mass is 10.3. The molecule has 21 heavy (non-hydrogen) atoms. The predicted molar refractivity (Wildman–Crippen MR) is 103 cm³/mol. The minimum Gasteiger partial charge on any atom is -0.721 e. The number of hydrogen-bond acceptors (Lipinski definition) is 2. The summed E-state index contributed by atoms with van der Waals surface area (Å²) in [5.41, 5.74) is 2.09. The molecule has 0 saturated carbocycles. The molecule has 0 saturated heterocycles. The molecular weight excluding hydrogens is 340 g/mol. The standard InChI is InChI=1S/C16H24Cl2NPS/c1-10(2)20(11(3)4,12(5)6)16(21)19-15-13(17)8-7-9-14(15)18/h7-12H,1-6H3. The van der Waals surface area contributed by atoms with Gasteiger partial charge in [0.25, 0.3) is 0 Å². The Morgan fingerprint density at radius 3 is 1.67 bits per heavy atom. The Bertz CT molecular complexity index is 485. The van der Waals surface area contributed by atoms with Crippen molar-refractivity contribution >= 4 is 53.6 Å². The number of aliphatic imine (C=N–C) groups is 1. The molecule has 5 heteroatoms. The van der Waals surface area contributed by atoms with Crippen LogP contribution < -0.4 is 0 Å². The maximum atomic E-state index is 6.24. The molecule has 0 fully saturated rings. The lowest BCUT2D eigenvalue weighted by Crippen LogP contribution is -2.28. The maximum absolute atomic E-state index is 6.24. The minimum absolute atomic E-state index is 0.495. The highest BCUT2D eigenvalue weighted by molar-refractivity contribution is 8.12. The van der Waals surface area contributed by atoms with Gasteiger partial charge in [-0.25, -0.2) is 4.99 Å². The summed E-state index contributed by atoms with van der Waals surface area (Å²) >= 11 is 18.3. The summed E-state index contributed by atoms with van der Waals surface area (Å²) in [4.78, 5) is 5.51. The SMILES string of the molecule is CC(C)[P+](C([S-])=Nc1c(Cl)cccc1Cl)(C(C)C)C(C)C. The summed E-state index contributed by atoms with van der Waals surface area (Å²) in [6.45, 7) is 13.5. The highest BCUT2D eigenvalue weighted by Crippen LogP contribution is 2.71. The van der Waals surface area contributed by atoms with Gasteiger partial charge in [0.1, 0.15) is 5.69 Å². The molecule has 0 aliphatic carbocycles. The lowest BCUT2D eigenvalue weighted by molar-refractivity contribution is 0.933. The predicted octanol–water partition coefficient (Wildman–Crippen LogP) is 6.77. The first-order chi connectivity index (χ1) is 9.65. The number of benzene rings is 1. The Morgan fingerprint density at radius 1 is 0.952 bits per heavy atom. The van der Waals surface area contributed by atoms with Gasteiger partial charge in [-0.15, -0.1) is 0 Å². The van der Waals surface area contributed by atoms with Gasteiger partial charge in [-0.1, -0.05) is 29.3 Å². The average molecular weight is 364 g/mol. The van der Waals surface area contributed by atoms with Crippen molar-refractivity contribution < 1.29 is 0 Å². The van der Waals surface area contributed by atoms with Crippen molar-refractivity contribution in [2.24, 2.45) is 4.99 Å². The van der Waals surface area contributed by atoms with Gasteiger partial charge in [-0.2, -0.15) is 0 Å². The Hall–Kier alpha value is 0.120. The van der Waals surface area contributed by atoms with Crippen LogP contribution in [0.1, 0.15) is 41.5 Å². The first-order valence-corrected chi connectivity index (χ1v) is 10.4. The Balaban J connectivity index is 3.49. The van der Waals surface area contributed by atoms with E-state index in [-0.39, 0.29) is 0 Å². The van der Waals surface area contributed by atoms with Crippen molar-refractivity contribution in [2.45, 2.75) is 58.5 Å².